The van der Waals surface area contributed by atoms with E-state index in [9.17, 15) is 4.79 Å². The third-order valence-corrected chi connectivity index (χ3v) is 5.75. The molecule has 0 saturated heterocycles. The van der Waals surface area contributed by atoms with E-state index in [2.05, 4.69) is 33.9 Å². The van der Waals surface area contributed by atoms with Crippen LogP contribution in [0.5, 0.6) is 5.75 Å². The Balaban J connectivity index is 1.96. The Morgan fingerprint density at radius 2 is 1.58 bits per heavy atom. The van der Waals surface area contributed by atoms with Crippen LogP contribution in [0.4, 0.5) is 0 Å². The first-order valence-corrected chi connectivity index (χ1v) is 12.9. The molecule has 1 unspecified atom stereocenters. The van der Waals surface area contributed by atoms with Gasteiger partial charge in [-0.1, -0.05) is 69.3 Å². The number of rotatable bonds is 8. The summed E-state index contributed by atoms with van der Waals surface area (Å²) in [6.07, 6.45) is -0.0122. The normalized spacial score (nSPS) is 12.9. The molecule has 0 spiro atoms. The lowest BCUT2D eigenvalue weighted by Gasteiger charge is -2.32. The lowest BCUT2D eigenvalue weighted by atomic mass is 9.84. The number of hydrogen-bond donors (Lipinski definition) is 0. The van der Waals surface area contributed by atoms with Crippen molar-refractivity contribution in [3.8, 4) is 5.75 Å². The highest BCUT2D eigenvalue weighted by Gasteiger charge is 2.28. The van der Waals surface area contributed by atoms with Crippen LogP contribution in [-0.4, -0.2) is 28.7 Å². The van der Waals surface area contributed by atoms with Crippen LogP contribution >= 0.6 is 0 Å². The number of carbonyl (C=O) groups is 1. The van der Waals surface area contributed by atoms with Crippen LogP contribution in [0.3, 0.4) is 0 Å². The molecule has 0 N–H and O–H groups in total. The summed E-state index contributed by atoms with van der Waals surface area (Å²) in [4.78, 5) is 13.4. The fourth-order valence-corrected chi connectivity index (χ4v) is 4.55. The van der Waals surface area contributed by atoms with Gasteiger partial charge in [0.15, 0.2) is 12.6 Å². The quantitative estimate of drug-likeness (QED) is 0.233. The van der Waals surface area contributed by atoms with Crippen molar-refractivity contribution in [3.05, 3.63) is 77.4 Å². The van der Waals surface area contributed by atoms with Crippen molar-refractivity contribution >= 4 is 25.6 Å². The first kappa shape index (κ1) is 23.2. The maximum Gasteiger partial charge on any atom is 0.205 e. The van der Waals surface area contributed by atoms with E-state index in [4.69, 9.17) is 13.9 Å². The van der Waals surface area contributed by atoms with E-state index in [0.717, 1.165) is 16.3 Å². The van der Waals surface area contributed by atoms with E-state index in [1.54, 1.807) is 7.11 Å². The van der Waals surface area contributed by atoms with Crippen LogP contribution < -0.4 is 4.74 Å². The summed E-state index contributed by atoms with van der Waals surface area (Å²) in [5.74, 6) is 0.446. The zero-order valence-corrected chi connectivity index (χ0v) is 20.2. The van der Waals surface area contributed by atoms with Crippen molar-refractivity contribution in [2.45, 2.75) is 40.0 Å². The predicted molar refractivity (Wildman–Crippen MR) is 127 cm³/mol. The molecule has 1 radical (unpaired) electrons. The van der Waals surface area contributed by atoms with Crippen molar-refractivity contribution in [2.24, 2.45) is 5.41 Å². The smallest absolute Gasteiger partial charge is 0.205 e. The molecule has 0 bridgehead atoms. The van der Waals surface area contributed by atoms with E-state index in [0.29, 0.717) is 16.9 Å². The minimum Gasteiger partial charge on any atom is -0.467 e. The van der Waals surface area contributed by atoms with Gasteiger partial charge in [-0.15, -0.1) is 0 Å². The molecular formula is C26H31O4Si. The molecule has 0 amide bonds. The molecule has 1 atom stereocenters. The van der Waals surface area contributed by atoms with Crippen LogP contribution in [0, 0.1) is 5.41 Å². The molecule has 31 heavy (non-hydrogen) atoms. The summed E-state index contributed by atoms with van der Waals surface area (Å²) < 4.78 is 17.1. The zero-order chi connectivity index (χ0) is 22.6. The molecule has 0 heterocycles. The van der Waals surface area contributed by atoms with Crippen molar-refractivity contribution in [1.29, 1.82) is 0 Å². The summed E-state index contributed by atoms with van der Waals surface area (Å²) in [6.45, 7) is 10.9. The van der Waals surface area contributed by atoms with E-state index >= 15 is 0 Å². The minimum atomic E-state index is -0.862. The molecule has 3 aromatic carbocycles. The topological polar surface area (TPSA) is 44.8 Å². The van der Waals surface area contributed by atoms with Crippen molar-refractivity contribution in [2.75, 3.05) is 13.9 Å². The average Bonchev–Trinajstić information content (AvgIpc) is 2.74. The van der Waals surface area contributed by atoms with E-state index in [1.165, 1.54) is 0 Å². The maximum absolute atomic E-state index is 13.4. The van der Waals surface area contributed by atoms with Gasteiger partial charge in [0.1, 0.15) is 5.75 Å². The molecule has 0 aliphatic heterocycles. The minimum absolute atomic E-state index is 0.0122. The van der Waals surface area contributed by atoms with Gasteiger partial charge < -0.3 is 13.9 Å². The van der Waals surface area contributed by atoms with Gasteiger partial charge in [-0.25, -0.2) is 0 Å². The monoisotopic (exact) mass is 435 g/mol. The summed E-state index contributed by atoms with van der Waals surface area (Å²) in [5, 5.41) is 2.01. The van der Waals surface area contributed by atoms with E-state index in [1.807, 2.05) is 60.7 Å². The molecular weight excluding hydrogens is 404 g/mol. The third kappa shape index (κ3) is 5.61. The van der Waals surface area contributed by atoms with E-state index < -0.39 is 9.04 Å². The molecule has 0 saturated carbocycles. The first-order chi connectivity index (χ1) is 14.7. The van der Waals surface area contributed by atoms with Crippen molar-refractivity contribution in [3.63, 3.8) is 0 Å². The van der Waals surface area contributed by atoms with Gasteiger partial charge in [0.05, 0.1) is 11.7 Å². The summed E-state index contributed by atoms with van der Waals surface area (Å²) >= 11 is 0. The van der Waals surface area contributed by atoms with Gasteiger partial charge in [-0.3, -0.25) is 4.79 Å². The molecule has 4 nitrogen and oxygen atoms in total. The van der Waals surface area contributed by atoms with Gasteiger partial charge in [-0.05, 0) is 47.0 Å². The first-order valence-electron chi connectivity index (χ1n) is 10.5. The van der Waals surface area contributed by atoms with Crippen LogP contribution in [0.25, 0.3) is 10.8 Å². The summed E-state index contributed by atoms with van der Waals surface area (Å²) in [5.41, 5.74) is 2.20. The molecule has 163 valence electrons. The van der Waals surface area contributed by atoms with Crippen LogP contribution in [0.1, 0.15) is 48.4 Å². The highest BCUT2D eigenvalue weighted by molar-refractivity contribution is 6.48. The highest BCUT2D eigenvalue weighted by Crippen LogP contribution is 2.37. The Labute approximate surface area is 186 Å². The SMILES string of the molecule is COCOc1cc2ccccc2cc1C(=O)c1ccc(C(O[Si](C)C)C(C)(C)C)cc1. The number of ketones is 1. The Bertz CT molecular complexity index is 1040. The second-order valence-electron chi connectivity index (χ2n) is 8.97. The van der Waals surface area contributed by atoms with Crippen LogP contribution in [-0.2, 0) is 9.16 Å². The van der Waals surface area contributed by atoms with Gasteiger partial charge >= 0.3 is 0 Å². The fourth-order valence-electron chi connectivity index (χ4n) is 3.58. The molecule has 3 aromatic rings. The Morgan fingerprint density at radius 1 is 0.968 bits per heavy atom. The maximum atomic E-state index is 13.4. The number of benzene rings is 3. The lowest BCUT2D eigenvalue weighted by molar-refractivity contribution is 0.0504. The number of methoxy groups -OCH3 is 1. The largest absolute Gasteiger partial charge is 0.467 e. The third-order valence-electron chi connectivity index (χ3n) is 5.04. The van der Waals surface area contributed by atoms with Crippen molar-refractivity contribution < 1.29 is 18.7 Å². The molecule has 0 aliphatic carbocycles. The molecule has 0 aliphatic rings. The Kier molecular flexibility index (Phi) is 7.31. The van der Waals surface area contributed by atoms with Crippen LogP contribution in [0.15, 0.2) is 60.7 Å². The average molecular weight is 436 g/mol. The Morgan fingerprint density at radius 3 is 2.13 bits per heavy atom. The standard InChI is InChI=1S/C26H31O4Si/c1-26(2,3)25(30-31(5)6)19-13-11-18(12-14-19)24(27)22-15-20-9-7-8-10-21(20)16-23(22)29-17-28-4/h7-16,25H,17H2,1-6H3. The highest BCUT2D eigenvalue weighted by atomic mass is 28.3. The summed E-state index contributed by atoms with van der Waals surface area (Å²) in [6, 6.07) is 19.5. The predicted octanol–water partition coefficient (Wildman–Crippen LogP) is 6.41. The van der Waals surface area contributed by atoms with Gasteiger partial charge in [0, 0.05) is 12.7 Å². The van der Waals surface area contributed by atoms with Crippen LogP contribution in [0.2, 0.25) is 13.1 Å². The lowest BCUT2D eigenvalue weighted by Crippen LogP contribution is -2.25. The second kappa shape index (κ2) is 9.77. The summed E-state index contributed by atoms with van der Waals surface area (Å²) in [7, 11) is 0.702. The molecule has 0 aromatic heterocycles. The number of ether oxygens (including phenoxy) is 2. The Hall–Kier alpha value is -2.47. The van der Waals surface area contributed by atoms with Crippen molar-refractivity contribution in [1.82, 2.24) is 0 Å². The van der Waals surface area contributed by atoms with Gasteiger partial charge in [0.2, 0.25) is 9.04 Å². The molecule has 3 rings (SSSR count). The van der Waals surface area contributed by atoms with Gasteiger partial charge in [-0.2, -0.15) is 0 Å². The number of hydrogen-bond acceptors (Lipinski definition) is 4. The number of fused-ring (bicyclic) bond motifs is 1. The van der Waals surface area contributed by atoms with E-state index in [-0.39, 0.29) is 24.1 Å². The van der Waals surface area contributed by atoms with Gasteiger partial charge in [0.25, 0.3) is 0 Å². The zero-order valence-electron chi connectivity index (χ0n) is 19.2. The fraction of sp³-hybridized carbons (Fsp3) is 0.346. The molecule has 5 heteroatoms. The second-order valence-corrected chi connectivity index (χ2v) is 11.0. The molecule has 0 fully saturated rings. The number of carbonyl (C=O) groups excluding carboxylic acids is 1.